The standard InChI is InChI=1S/C8H5ClF2INO/c1-3-5(7(9)14)6(8(10)11)4(12)2-13-3/h2,8H,1H3. The molecule has 0 amide bonds. The van der Waals surface area contributed by atoms with Crippen LogP contribution >= 0.6 is 34.2 Å². The van der Waals surface area contributed by atoms with E-state index in [4.69, 9.17) is 11.6 Å². The maximum absolute atomic E-state index is 12.6. The van der Waals surface area contributed by atoms with Crippen LogP contribution in [0.4, 0.5) is 8.78 Å². The average Bonchev–Trinajstić information content (AvgIpc) is 2.07. The number of hydrogen-bond acceptors (Lipinski definition) is 2. The molecule has 0 spiro atoms. The van der Waals surface area contributed by atoms with Crippen LogP contribution in [0.3, 0.4) is 0 Å². The topological polar surface area (TPSA) is 30.0 Å². The highest BCUT2D eigenvalue weighted by Crippen LogP contribution is 2.29. The normalized spacial score (nSPS) is 10.7. The molecular formula is C8H5ClF2INO. The van der Waals surface area contributed by atoms with Crippen molar-refractivity contribution in [1.82, 2.24) is 4.98 Å². The number of aromatic nitrogens is 1. The summed E-state index contributed by atoms with van der Waals surface area (Å²) in [6.07, 6.45) is -1.43. The zero-order valence-corrected chi connectivity index (χ0v) is 9.94. The second-order valence-electron chi connectivity index (χ2n) is 2.55. The summed E-state index contributed by atoms with van der Waals surface area (Å²) in [6, 6.07) is 0. The molecule has 1 heterocycles. The van der Waals surface area contributed by atoms with Crippen LogP contribution in [0.25, 0.3) is 0 Å². The molecule has 0 bridgehead atoms. The number of alkyl halides is 2. The predicted molar refractivity (Wildman–Crippen MR) is 56.8 cm³/mol. The Morgan fingerprint density at radius 1 is 1.64 bits per heavy atom. The quantitative estimate of drug-likeness (QED) is 0.615. The van der Waals surface area contributed by atoms with E-state index in [2.05, 4.69) is 4.98 Å². The van der Waals surface area contributed by atoms with Crippen molar-refractivity contribution in [2.45, 2.75) is 13.3 Å². The Morgan fingerprint density at radius 3 is 2.57 bits per heavy atom. The SMILES string of the molecule is Cc1ncc(I)c(C(F)F)c1C(=O)Cl. The molecule has 0 saturated carbocycles. The van der Waals surface area contributed by atoms with E-state index in [-0.39, 0.29) is 20.4 Å². The lowest BCUT2D eigenvalue weighted by atomic mass is 10.1. The van der Waals surface area contributed by atoms with Gasteiger partial charge in [0, 0.05) is 21.0 Å². The van der Waals surface area contributed by atoms with E-state index in [1.165, 1.54) is 13.1 Å². The number of pyridine rings is 1. The van der Waals surface area contributed by atoms with Crippen molar-refractivity contribution in [3.8, 4) is 0 Å². The van der Waals surface area contributed by atoms with E-state index in [0.29, 0.717) is 0 Å². The van der Waals surface area contributed by atoms with Crippen LogP contribution in [0.1, 0.15) is 28.0 Å². The Kier molecular flexibility index (Phi) is 3.77. The van der Waals surface area contributed by atoms with Crippen molar-refractivity contribution in [3.63, 3.8) is 0 Å². The van der Waals surface area contributed by atoms with Crippen molar-refractivity contribution in [2.75, 3.05) is 0 Å². The van der Waals surface area contributed by atoms with Crippen LogP contribution in [-0.2, 0) is 0 Å². The monoisotopic (exact) mass is 331 g/mol. The third-order valence-corrected chi connectivity index (χ3v) is 2.72. The van der Waals surface area contributed by atoms with E-state index >= 15 is 0 Å². The first kappa shape index (κ1) is 11.8. The van der Waals surface area contributed by atoms with Gasteiger partial charge in [0.1, 0.15) is 0 Å². The van der Waals surface area contributed by atoms with Crippen LogP contribution < -0.4 is 0 Å². The molecule has 1 rings (SSSR count). The van der Waals surface area contributed by atoms with Gasteiger partial charge in [-0.1, -0.05) is 0 Å². The van der Waals surface area contributed by atoms with Gasteiger partial charge in [0.2, 0.25) is 0 Å². The summed E-state index contributed by atoms with van der Waals surface area (Å²) in [4.78, 5) is 14.7. The van der Waals surface area contributed by atoms with Crippen LogP contribution in [0.15, 0.2) is 6.20 Å². The van der Waals surface area contributed by atoms with Crippen molar-refractivity contribution in [2.24, 2.45) is 0 Å². The van der Waals surface area contributed by atoms with Gasteiger partial charge in [-0.3, -0.25) is 9.78 Å². The smallest absolute Gasteiger partial charge is 0.265 e. The molecule has 0 aliphatic carbocycles. The highest BCUT2D eigenvalue weighted by Gasteiger charge is 2.22. The number of rotatable bonds is 2. The summed E-state index contributed by atoms with van der Waals surface area (Å²) in [5.74, 6) is 0. The molecular weight excluding hydrogens is 326 g/mol. The first-order valence-electron chi connectivity index (χ1n) is 3.58. The van der Waals surface area contributed by atoms with Gasteiger partial charge in [-0.2, -0.15) is 0 Å². The van der Waals surface area contributed by atoms with Crippen molar-refractivity contribution in [1.29, 1.82) is 0 Å². The molecule has 0 atom stereocenters. The molecule has 1 aromatic heterocycles. The Balaban J connectivity index is 3.50. The summed E-state index contributed by atoms with van der Waals surface area (Å²) in [5.41, 5.74) is -0.299. The lowest BCUT2D eigenvalue weighted by Gasteiger charge is -2.09. The highest BCUT2D eigenvalue weighted by molar-refractivity contribution is 14.1. The van der Waals surface area contributed by atoms with Crippen LogP contribution in [0.5, 0.6) is 0 Å². The Morgan fingerprint density at radius 2 is 2.21 bits per heavy atom. The molecule has 0 unspecified atom stereocenters. The van der Waals surface area contributed by atoms with E-state index in [1.807, 2.05) is 0 Å². The summed E-state index contributed by atoms with van der Waals surface area (Å²) >= 11 is 6.91. The third kappa shape index (κ3) is 2.20. The zero-order valence-electron chi connectivity index (χ0n) is 7.02. The van der Waals surface area contributed by atoms with Gasteiger partial charge in [-0.15, -0.1) is 0 Å². The summed E-state index contributed by atoms with van der Waals surface area (Å²) < 4.78 is 25.4. The first-order chi connectivity index (χ1) is 6.45. The van der Waals surface area contributed by atoms with Gasteiger partial charge < -0.3 is 0 Å². The van der Waals surface area contributed by atoms with Crippen LogP contribution in [0, 0.1) is 10.5 Å². The summed E-state index contributed by atoms with van der Waals surface area (Å²) in [6.45, 7) is 1.47. The molecule has 2 nitrogen and oxygen atoms in total. The fraction of sp³-hybridized carbons (Fsp3) is 0.250. The van der Waals surface area contributed by atoms with Gasteiger partial charge in [0.05, 0.1) is 5.56 Å². The third-order valence-electron chi connectivity index (χ3n) is 1.67. The van der Waals surface area contributed by atoms with Crippen LogP contribution in [0.2, 0.25) is 0 Å². The minimum Gasteiger partial charge on any atom is -0.276 e. The van der Waals surface area contributed by atoms with Crippen molar-refractivity contribution in [3.05, 3.63) is 26.6 Å². The van der Waals surface area contributed by atoms with Crippen molar-refractivity contribution < 1.29 is 13.6 Å². The van der Waals surface area contributed by atoms with E-state index < -0.39 is 11.7 Å². The molecule has 0 N–H and O–H groups in total. The van der Waals surface area contributed by atoms with Gasteiger partial charge >= 0.3 is 0 Å². The molecule has 0 saturated heterocycles. The molecule has 1 aromatic rings. The van der Waals surface area contributed by atoms with Crippen LogP contribution in [-0.4, -0.2) is 10.2 Å². The summed E-state index contributed by atoms with van der Waals surface area (Å²) in [5, 5.41) is -0.899. The molecule has 0 radical (unpaired) electrons. The number of halogens is 4. The Hall–Kier alpha value is -0.300. The molecule has 0 aromatic carbocycles. The van der Waals surface area contributed by atoms with Gasteiger partial charge in [0.25, 0.3) is 11.7 Å². The Bertz CT molecular complexity index is 384. The second kappa shape index (κ2) is 4.48. The molecule has 76 valence electrons. The van der Waals surface area contributed by atoms with Gasteiger partial charge in [-0.05, 0) is 41.1 Å². The molecule has 0 aliphatic rings. The largest absolute Gasteiger partial charge is 0.276 e. The molecule has 14 heavy (non-hydrogen) atoms. The molecule has 6 heteroatoms. The summed E-state index contributed by atoms with van der Waals surface area (Å²) in [7, 11) is 0. The maximum Gasteiger partial charge on any atom is 0.265 e. The minimum atomic E-state index is -2.72. The fourth-order valence-electron chi connectivity index (χ4n) is 1.06. The van der Waals surface area contributed by atoms with Gasteiger partial charge in [-0.25, -0.2) is 8.78 Å². The molecule has 0 aliphatic heterocycles. The lowest BCUT2D eigenvalue weighted by Crippen LogP contribution is -2.06. The fourth-order valence-corrected chi connectivity index (χ4v) is 1.95. The van der Waals surface area contributed by atoms with E-state index in [1.54, 1.807) is 22.6 Å². The second-order valence-corrected chi connectivity index (χ2v) is 4.06. The zero-order chi connectivity index (χ0) is 10.9. The minimum absolute atomic E-state index is 0.187. The van der Waals surface area contributed by atoms with Crippen molar-refractivity contribution >= 4 is 39.4 Å². The number of nitrogens with zero attached hydrogens (tertiary/aromatic N) is 1. The lowest BCUT2D eigenvalue weighted by molar-refractivity contribution is 0.106. The number of aryl methyl sites for hydroxylation is 1. The number of hydrogen-bond donors (Lipinski definition) is 0. The maximum atomic E-state index is 12.6. The first-order valence-corrected chi connectivity index (χ1v) is 5.03. The average molecular weight is 331 g/mol. The Labute approximate surface area is 97.8 Å². The highest BCUT2D eigenvalue weighted by atomic mass is 127. The number of carbonyl (C=O) groups excluding carboxylic acids is 1. The predicted octanol–water partition coefficient (Wildman–Crippen LogP) is 3.31. The number of carbonyl (C=O) groups is 1. The van der Waals surface area contributed by atoms with E-state index in [0.717, 1.165) is 0 Å². The van der Waals surface area contributed by atoms with Gasteiger partial charge in [0.15, 0.2) is 0 Å². The van der Waals surface area contributed by atoms with E-state index in [9.17, 15) is 13.6 Å². The molecule has 0 fully saturated rings.